The first kappa shape index (κ1) is 9.70. The lowest BCUT2D eigenvalue weighted by Crippen LogP contribution is -2.36. The molecule has 0 spiro atoms. The first-order valence-electron chi connectivity index (χ1n) is 2.18. The quantitative estimate of drug-likeness (QED) is 0.637. The standard InChI is InChI=1S/C3H5F3O3S/c1-2(4)3(5,6)10(7,8)9/h2H,1H3,(H,7,8,9). The van der Waals surface area contributed by atoms with Crippen LogP contribution in [-0.4, -0.2) is 24.4 Å². The van der Waals surface area contributed by atoms with Crippen molar-refractivity contribution in [3.8, 4) is 0 Å². The van der Waals surface area contributed by atoms with Gasteiger partial charge >= 0.3 is 15.4 Å². The summed E-state index contributed by atoms with van der Waals surface area (Å²) in [6.45, 7) is 0.341. The zero-order valence-corrected chi connectivity index (χ0v) is 5.70. The average molecular weight is 178 g/mol. The molecule has 10 heavy (non-hydrogen) atoms. The average Bonchev–Trinajstić information content (AvgIpc) is 1.62. The molecule has 0 aliphatic heterocycles. The molecular formula is C3H5F3O3S. The van der Waals surface area contributed by atoms with Crippen molar-refractivity contribution in [2.24, 2.45) is 0 Å². The number of hydrogen-bond acceptors (Lipinski definition) is 2. The van der Waals surface area contributed by atoms with Gasteiger partial charge in [-0.3, -0.25) is 4.55 Å². The van der Waals surface area contributed by atoms with Crippen molar-refractivity contribution in [1.82, 2.24) is 0 Å². The van der Waals surface area contributed by atoms with E-state index in [9.17, 15) is 21.6 Å². The van der Waals surface area contributed by atoms with E-state index in [1.165, 1.54) is 0 Å². The van der Waals surface area contributed by atoms with Crippen molar-refractivity contribution < 1.29 is 26.1 Å². The van der Waals surface area contributed by atoms with Gasteiger partial charge in [0.1, 0.15) is 0 Å². The topological polar surface area (TPSA) is 54.4 Å². The molecule has 1 N–H and O–H groups in total. The van der Waals surface area contributed by atoms with Gasteiger partial charge in [0.2, 0.25) is 0 Å². The van der Waals surface area contributed by atoms with E-state index in [0.29, 0.717) is 6.92 Å². The van der Waals surface area contributed by atoms with Crippen molar-refractivity contribution >= 4 is 10.1 Å². The highest BCUT2D eigenvalue weighted by molar-refractivity contribution is 7.86. The smallest absolute Gasteiger partial charge is 0.281 e. The van der Waals surface area contributed by atoms with Gasteiger partial charge in [0, 0.05) is 0 Å². The van der Waals surface area contributed by atoms with Crippen LogP contribution in [0.5, 0.6) is 0 Å². The molecule has 0 aromatic rings. The maximum absolute atomic E-state index is 11.8. The third-order valence-corrected chi connectivity index (χ3v) is 1.82. The Balaban J connectivity index is 4.76. The third-order valence-electron chi connectivity index (χ3n) is 0.807. The highest BCUT2D eigenvalue weighted by Crippen LogP contribution is 2.26. The molecular weight excluding hydrogens is 173 g/mol. The fourth-order valence-corrected chi connectivity index (χ4v) is 0.616. The van der Waals surface area contributed by atoms with E-state index in [1.807, 2.05) is 0 Å². The number of alkyl halides is 3. The van der Waals surface area contributed by atoms with Crippen molar-refractivity contribution in [2.75, 3.05) is 0 Å². The van der Waals surface area contributed by atoms with Crippen LogP contribution in [0.25, 0.3) is 0 Å². The van der Waals surface area contributed by atoms with Crippen molar-refractivity contribution in [1.29, 1.82) is 0 Å². The Labute approximate surface area is 55.6 Å². The molecule has 1 unspecified atom stereocenters. The van der Waals surface area contributed by atoms with Crippen LogP contribution in [0, 0.1) is 0 Å². The predicted molar refractivity (Wildman–Crippen MR) is 27.1 cm³/mol. The van der Waals surface area contributed by atoms with E-state index in [-0.39, 0.29) is 0 Å². The second kappa shape index (κ2) is 2.39. The summed E-state index contributed by atoms with van der Waals surface area (Å²) in [6, 6.07) is 0. The summed E-state index contributed by atoms with van der Waals surface area (Å²) in [5.41, 5.74) is 0. The van der Waals surface area contributed by atoms with Crippen molar-refractivity contribution in [2.45, 2.75) is 18.3 Å². The van der Waals surface area contributed by atoms with Crippen LogP contribution in [0.4, 0.5) is 13.2 Å². The highest BCUT2D eigenvalue weighted by Gasteiger charge is 2.50. The summed E-state index contributed by atoms with van der Waals surface area (Å²) >= 11 is 0. The molecule has 0 radical (unpaired) electrons. The van der Waals surface area contributed by atoms with Gasteiger partial charge in [0.15, 0.2) is 6.17 Å². The summed E-state index contributed by atoms with van der Waals surface area (Å²) in [5, 5.41) is -4.70. The molecule has 0 aromatic heterocycles. The largest absolute Gasteiger partial charge is 0.399 e. The van der Waals surface area contributed by atoms with Gasteiger partial charge in [0.25, 0.3) is 0 Å². The first-order valence-corrected chi connectivity index (χ1v) is 3.62. The molecule has 0 heterocycles. The van der Waals surface area contributed by atoms with E-state index in [1.54, 1.807) is 0 Å². The minimum absolute atomic E-state index is 0.341. The maximum atomic E-state index is 11.8. The van der Waals surface area contributed by atoms with Crippen molar-refractivity contribution in [3.63, 3.8) is 0 Å². The normalized spacial score (nSPS) is 16.9. The third kappa shape index (κ3) is 1.60. The molecule has 0 bridgehead atoms. The Kier molecular flexibility index (Phi) is 2.32. The molecule has 1 atom stereocenters. The predicted octanol–water partition coefficient (Wildman–Crippen LogP) is 0.825. The minimum atomic E-state index is -5.61. The molecule has 7 heteroatoms. The maximum Gasteiger partial charge on any atom is 0.399 e. The Morgan fingerprint density at radius 3 is 1.80 bits per heavy atom. The zero-order valence-electron chi connectivity index (χ0n) is 4.88. The number of hydrogen-bond donors (Lipinski definition) is 1. The Morgan fingerprint density at radius 1 is 1.50 bits per heavy atom. The Hall–Kier alpha value is -0.300. The van der Waals surface area contributed by atoms with E-state index in [0.717, 1.165) is 0 Å². The van der Waals surface area contributed by atoms with Crippen LogP contribution < -0.4 is 0 Å². The van der Waals surface area contributed by atoms with Gasteiger partial charge in [-0.2, -0.15) is 17.2 Å². The monoisotopic (exact) mass is 178 g/mol. The van der Waals surface area contributed by atoms with Crippen LogP contribution >= 0.6 is 0 Å². The van der Waals surface area contributed by atoms with Gasteiger partial charge in [-0.1, -0.05) is 0 Å². The number of halogens is 3. The summed E-state index contributed by atoms with van der Waals surface area (Å²) < 4.78 is 62.4. The molecule has 0 aromatic carbocycles. The van der Waals surface area contributed by atoms with Crippen LogP contribution in [0.2, 0.25) is 0 Å². The lowest BCUT2D eigenvalue weighted by Gasteiger charge is -2.12. The summed E-state index contributed by atoms with van der Waals surface area (Å²) in [6.07, 6.45) is -2.91. The molecule has 0 aliphatic rings. The first-order chi connectivity index (χ1) is 4.19. The van der Waals surface area contributed by atoms with E-state index in [2.05, 4.69) is 0 Å². The summed E-state index contributed by atoms with van der Waals surface area (Å²) in [5.74, 6) is 0. The van der Waals surface area contributed by atoms with Crippen LogP contribution in [-0.2, 0) is 10.1 Å². The second-order valence-electron chi connectivity index (χ2n) is 1.65. The van der Waals surface area contributed by atoms with Crippen LogP contribution in [0.15, 0.2) is 0 Å². The molecule has 0 aliphatic carbocycles. The van der Waals surface area contributed by atoms with Gasteiger partial charge < -0.3 is 0 Å². The fraction of sp³-hybridized carbons (Fsp3) is 1.00. The Morgan fingerprint density at radius 2 is 1.80 bits per heavy atom. The lowest BCUT2D eigenvalue weighted by molar-refractivity contribution is 0.00628. The molecule has 0 saturated heterocycles. The molecule has 0 saturated carbocycles. The SMILES string of the molecule is CC(F)C(F)(F)S(=O)(=O)O. The van der Waals surface area contributed by atoms with Gasteiger partial charge in [-0.15, -0.1) is 0 Å². The van der Waals surface area contributed by atoms with Gasteiger partial charge in [-0.25, -0.2) is 4.39 Å². The van der Waals surface area contributed by atoms with Crippen molar-refractivity contribution in [3.05, 3.63) is 0 Å². The van der Waals surface area contributed by atoms with Crippen LogP contribution in [0.1, 0.15) is 6.92 Å². The molecule has 0 rings (SSSR count). The summed E-state index contributed by atoms with van der Waals surface area (Å²) in [4.78, 5) is 0. The minimum Gasteiger partial charge on any atom is -0.281 e. The zero-order chi connectivity index (χ0) is 8.58. The fourth-order valence-electron chi connectivity index (χ4n) is 0.205. The second-order valence-corrected chi connectivity index (χ2v) is 3.15. The molecule has 62 valence electrons. The number of rotatable bonds is 2. The lowest BCUT2D eigenvalue weighted by atomic mass is 10.5. The molecule has 3 nitrogen and oxygen atoms in total. The van der Waals surface area contributed by atoms with Gasteiger partial charge in [0.05, 0.1) is 0 Å². The molecule has 0 amide bonds. The van der Waals surface area contributed by atoms with E-state index >= 15 is 0 Å². The van der Waals surface area contributed by atoms with Gasteiger partial charge in [-0.05, 0) is 6.92 Å². The Bertz CT molecular complexity index is 207. The van der Waals surface area contributed by atoms with E-state index < -0.39 is 21.5 Å². The van der Waals surface area contributed by atoms with Crippen LogP contribution in [0.3, 0.4) is 0 Å². The highest BCUT2D eigenvalue weighted by atomic mass is 32.2. The van der Waals surface area contributed by atoms with E-state index in [4.69, 9.17) is 4.55 Å². The molecule has 0 fully saturated rings. The summed E-state index contributed by atoms with van der Waals surface area (Å²) in [7, 11) is -5.61.